The molecule has 0 atom stereocenters. The van der Waals surface area contributed by atoms with Crippen molar-refractivity contribution >= 4 is 36.6 Å². The first-order valence-corrected chi connectivity index (χ1v) is 10.9. The number of aromatic nitrogens is 2. The van der Waals surface area contributed by atoms with Crippen molar-refractivity contribution in [1.29, 1.82) is 0 Å². The lowest BCUT2D eigenvalue weighted by Gasteiger charge is -2.04. The summed E-state index contributed by atoms with van der Waals surface area (Å²) in [5.74, 6) is -0.938. The molecule has 0 saturated carbocycles. The highest BCUT2D eigenvalue weighted by atomic mass is 32.2. The first-order valence-electron chi connectivity index (χ1n) is 7.38. The van der Waals surface area contributed by atoms with Crippen molar-refractivity contribution in [3.05, 3.63) is 53.9 Å². The van der Waals surface area contributed by atoms with E-state index in [0.29, 0.717) is 11.0 Å². The predicted octanol–water partition coefficient (Wildman–Crippen LogP) is 1.04. The van der Waals surface area contributed by atoms with Crippen LogP contribution in [0.4, 0.5) is 0 Å². The van der Waals surface area contributed by atoms with E-state index < -0.39 is 31.3 Å². The molecule has 10 heteroatoms. The van der Waals surface area contributed by atoms with Crippen molar-refractivity contribution in [2.75, 3.05) is 6.26 Å². The Labute approximate surface area is 149 Å². The number of H-pyrrole nitrogens is 1. The maximum absolute atomic E-state index is 12.6. The van der Waals surface area contributed by atoms with Gasteiger partial charge in [0.2, 0.25) is 0 Å². The maximum Gasteiger partial charge on any atom is 0.250 e. The van der Waals surface area contributed by atoms with Crippen molar-refractivity contribution in [3.8, 4) is 0 Å². The van der Waals surface area contributed by atoms with Gasteiger partial charge in [0.1, 0.15) is 17.1 Å². The van der Waals surface area contributed by atoms with E-state index in [0.717, 1.165) is 6.26 Å². The van der Waals surface area contributed by atoms with Gasteiger partial charge < -0.3 is 10.7 Å². The molecule has 0 radical (unpaired) electrons. The van der Waals surface area contributed by atoms with Crippen molar-refractivity contribution in [2.45, 2.75) is 15.5 Å². The van der Waals surface area contributed by atoms with Crippen LogP contribution in [0.15, 0.2) is 52.3 Å². The molecule has 1 heterocycles. The van der Waals surface area contributed by atoms with Gasteiger partial charge >= 0.3 is 0 Å². The molecule has 0 fully saturated rings. The summed E-state index contributed by atoms with van der Waals surface area (Å²) in [6.45, 7) is 0. The number of para-hydroxylation sites is 1. The molecule has 1 aromatic heterocycles. The SMILES string of the molecule is CS(=O)(=O)c1ccc(S(=O)(=O)Cc2nc3c(C(N)=O)cccc3[nH]2)cc1. The minimum Gasteiger partial charge on any atom is -0.366 e. The zero-order valence-electron chi connectivity index (χ0n) is 13.6. The summed E-state index contributed by atoms with van der Waals surface area (Å²) in [5.41, 5.74) is 6.29. The zero-order chi connectivity index (χ0) is 19.1. The first-order chi connectivity index (χ1) is 12.1. The van der Waals surface area contributed by atoms with Crippen molar-refractivity contribution in [1.82, 2.24) is 9.97 Å². The Kier molecular flexibility index (Phi) is 4.32. The molecule has 0 aliphatic rings. The maximum atomic E-state index is 12.6. The van der Waals surface area contributed by atoms with Gasteiger partial charge in [-0.05, 0) is 36.4 Å². The van der Waals surface area contributed by atoms with E-state index in [1.165, 1.54) is 30.3 Å². The van der Waals surface area contributed by atoms with Gasteiger partial charge in [0, 0.05) is 6.26 Å². The van der Waals surface area contributed by atoms with Crippen LogP contribution in [-0.2, 0) is 25.4 Å². The molecule has 0 aliphatic heterocycles. The molecule has 3 N–H and O–H groups in total. The molecule has 0 bridgehead atoms. The van der Waals surface area contributed by atoms with E-state index in [9.17, 15) is 21.6 Å². The average Bonchev–Trinajstić information content (AvgIpc) is 2.95. The highest BCUT2D eigenvalue weighted by Gasteiger charge is 2.20. The van der Waals surface area contributed by atoms with Gasteiger partial charge in [-0.3, -0.25) is 4.79 Å². The number of hydrogen-bond donors (Lipinski definition) is 2. The molecule has 3 aromatic rings. The van der Waals surface area contributed by atoms with Crippen LogP contribution in [0.5, 0.6) is 0 Å². The largest absolute Gasteiger partial charge is 0.366 e. The summed E-state index contributed by atoms with van der Waals surface area (Å²) >= 11 is 0. The van der Waals surface area contributed by atoms with Gasteiger partial charge in [-0.2, -0.15) is 0 Å². The molecule has 0 spiro atoms. The second-order valence-electron chi connectivity index (χ2n) is 5.75. The van der Waals surface area contributed by atoms with Gasteiger partial charge in [-0.25, -0.2) is 21.8 Å². The Morgan fingerprint density at radius 1 is 1.04 bits per heavy atom. The van der Waals surface area contributed by atoms with Crippen LogP contribution < -0.4 is 5.73 Å². The van der Waals surface area contributed by atoms with Crippen LogP contribution in [0, 0.1) is 0 Å². The lowest BCUT2D eigenvalue weighted by molar-refractivity contribution is 0.100. The lowest BCUT2D eigenvalue weighted by atomic mass is 10.2. The van der Waals surface area contributed by atoms with E-state index in [1.807, 2.05) is 0 Å². The number of amides is 1. The predicted molar refractivity (Wildman–Crippen MR) is 95.1 cm³/mol. The van der Waals surface area contributed by atoms with Crippen LogP contribution in [0.3, 0.4) is 0 Å². The normalized spacial score (nSPS) is 12.3. The number of hydrogen-bond acceptors (Lipinski definition) is 6. The Morgan fingerprint density at radius 3 is 2.23 bits per heavy atom. The number of rotatable bonds is 5. The van der Waals surface area contributed by atoms with E-state index in [1.54, 1.807) is 12.1 Å². The van der Waals surface area contributed by atoms with Crippen molar-refractivity contribution in [3.63, 3.8) is 0 Å². The molecule has 8 nitrogen and oxygen atoms in total. The van der Waals surface area contributed by atoms with Crippen molar-refractivity contribution < 1.29 is 21.6 Å². The van der Waals surface area contributed by atoms with Gasteiger partial charge in [0.05, 0.1) is 20.9 Å². The number of imidazole rings is 1. The number of primary amides is 1. The van der Waals surface area contributed by atoms with Gasteiger partial charge in [-0.1, -0.05) is 6.07 Å². The molecule has 26 heavy (non-hydrogen) atoms. The summed E-state index contributed by atoms with van der Waals surface area (Å²) in [6.07, 6.45) is 1.04. The Balaban J connectivity index is 1.96. The molecular weight excluding hydrogens is 378 g/mol. The molecule has 0 saturated heterocycles. The number of fused-ring (bicyclic) bond motifs is 1. The monoisotopic (exact) mass is 393 g/mol. The number of nitrogens with one attached hydrogen (secondary N) is 1. The summed E-state index contributed by atoms with van der Waals surface area (Å²) in [6, 6.07) is 9.74. The van der Waals surface area contributed by atoms with E-state index in [-0.39, 0.29) is 21.2 Å². The number of nitrogens with two attached hydrogens (primary N) is 1. The van der Waals surface area contributed by atoms with Crippen LogP contribution in [0.25, 0.3) is 11.0 Å². The molecule has 0 unspecified atom stereocenters. The first kappa shape index (κ1) is 18.1. The minimum absolute atomic E-state index is 0.0273. The third-order valence-electron chi connectivity index (χ3n) is 3.76. The molecule has 3 rings (SSSR count). The number of carbonyl (C=O) groups is 1. The number of benzene rings is 2. The van der Waals surface area contributed by atoms with Crippen LogP contribution in [0.1, 0.15) is 16.2 Å². The fourth-order valence-electron chi connectivity index (χ4n) is 2.51. The quantitative estimate of drug-likeness (QED) is 0.664. The number of carbonyl (C=O) groups excluding carboxylic acids is 1. The third kappa shape index (κ3) is 3.46. The Hall–Kier alpha value is -2.72. The highest BCUT2D eigenvalue weighted by molar-refractivity contribution is 7.91. The van der Waals surface area contributed by atoms with E-state index in [2.05, 4.69) is 9.97 Å². The Morgan fingerprint density at radius 2 is 1.65 bits per heavy atom. The summed E-state index contributed by atoms with van der Waals surface area (Å²) < 4.78 is 48.1. The zero-order valence-corrected chi connectivity index (χ0v) is 15.3. The summed E-state index contributed by atoms with van der Waals surface area (Å²) in [4.78, 5) is 18.5. The van der Waals surface area contributed by atoms with Crippen LogP contribution in [0.2, 0.25) is 0 Å². The molecule has 136 valence electrons. The second kappa shape index (κ2) is 6.22. The fourth-order valence-corrected chi connectivity index (χ4v) is 4.35. The van der Waals surface area contributed by atoms with Gasteiger partial charge in [0.15, 0.2) is 19.7 Å². The summed E-state index contributed by atoms with van der Waals surface area (Å²) in [7, 11) is -7.17. The van der Waals surface area contributed by atoms with E-state index >= 15 is 0 Å². The highest BCUT2D eigenvalue weighted by Crippen LogP contribution is 2.21. The molecule has 0 aliphatic carbocycles. The van der Waals surface area contributed by atoms with Crippen LogP contribution >= 0.6 is 0 Å². The summed E-state index contributed by atoms with van der Waals surface area (Å²) in [5, 5.41) is 0. The topological polar surface area (TPSA) is 140 Å². The smallest absolute Gasteiger partial charge is 0.250 e. The van der Waals surface area contributed by atoms with Crippen LogP contribution in [-0.4, -0.2) is 39.0 Å². The molecular formula is C16H15N3O5S2. The minimum atomic E-state index is -3.76. The van der Waals surface area contributed by atoms with Gasteiger partial charge in [0.25, 0.3) is 5.91 Å². The molecule has 1 amide bonds. The number of aromatic amines is 1. The van der Waals surface area contributed by atoms with E-state index in [4.69, 9.17) is 5.73 Å². The van der Waals surface area contributed by atoms with Crippen molar-refractivity contribution in [2.24, 2.45) is 5.73 Å². The number of sulfone groups is 2. The molecule has 2 aromatic carbocycles. The third-order valence-corrected chi connectivity index (χ3v) is 6.54. The second-order valence-corrected chi connectivity index (χ2v) is 9.76. The standard InChI is InChI=1S/C16H15N3O5S2/c1-25(21,22)10-5-7-11(8-6-10)26(23,24)9-14-18-13-4-2-3-12(16(17)20)15(13)19-14/h2-8H,9H2,1H3,(H2,17,20)(H,18,19). The average molecular weight is 393 g/mol. The lowest BCUT2D eigenvalue weighted by Crippen LogP contribution is -2.11. The fraction of sp³-hybridized carbons (Fsp3) is 0.125. The number of nitrogens with zero attached hydrogens (tertiary/aromatic N) is 1. The van der Waals surface area contributed by atoms with Gasteiger partial charge in [-0.15, -0.1) is 0 Å². The Bertz CT molecular complexity index is 1210.